The zero-order valence-electron chi connectivity index (χ0n) is 12.4. The van der Waals surface area contributed by atoms with Gasteiger partial charge in [-0.05, 0) is 25.1 Å². The van der Waals surface area contributed by atoms with Crippen LogP contribution in [0, 0.1) is 0 Å². The topological polar surface area (TPSA) is 76.4 Å². The Morgan fingerprint density at radius 2 is 1.65 bits per heavy atom. The van der Waals surface area contributed by atoms with Crippen molar-refractivity contribution in [1.29, 1.82) is 0 Å². The first-order valence-corrected chi connectivity index (χ1v) is 8.54. The van der Waals surface area contributed by atoms with Gasteiger partial charge < -0.3 is 9.67 Å². The van der Waals surface area contributed by atoms with Crippen molar-refractivity contribution in [2.75, 3.05) is 0 Å². The molecule has 1 aromatic heterocycles. The molecular formula is C17H15NO4S. The average molecular weight is 329 g/mol. The van der Waals surface area contributed by atoms with Crippen LogP contribution in [-0.2, 0) is 14.6 Å². The van der Waals surface area contributed by atoms with Crippen molar-refractivity contribution >= 4 is 26.7 Å². The molecule has 6 heteroatoms. The summed E-state index contributed by atoms with van der Waals surface area (Å²) >= 11 is 0. The zero-order valence-corrected chi connectivity index (χ0v) is 13.2. The summed E-state index contributed by atoms with van der Waals surface area (Å²) in [6, 6.07) is 14.2. The summed E-state index contributed by atoms with van der Waals surface area (Å²) in [6.45, 7) is 1.52. The third kappa shape index (κ3) is 2.51. The van der Waals surface area contributed by atoms with E-state index in [-0.39, 0.29) is 9.79 Å². The van der Waals surface area contributed by atoms with Gasteiger partial charge in [-0.3, -0.25) is 0 Å². The van der Waals surface area contributed by atoms with Crippen LogP contribution in [0.5, 0.6) is 0 Å². The fraction of sp³-hybridized carbons (Fsp3) is 0.118. The number of carboxylic acids is 1. The summed E-state index contributed by atoms with van der Waals surface area (Å²) in [5, 5.41) is 9.77. The third-order valence-electron chi connectivity index (χ3n) is 3.82. The van der Waals surface area contributed by atoms with Crippen molar-refractivity contribution < 1.29 is 18.3 Å². The van der Waals surface area contributed by atoms with E-state index in [1.54, 1.807) is 42.5 Å². The molecule has 3 aromatic rings. The summed E-state index contributed by atoms with van der Waals surface area (Å²) < 4.78 is 27.3. The number of aliphatic carboxylic acids is 1. The number of hydrogen-bond donors (Lipinski definition) is 1. The van der Waals surface area contributed by atoms with Gasteiger partial charge in [-0.2, -0.15) is 0 Å². The highest BCUT2D eigenvalue weighted by molar-refractivity contribution is 7.91. The predicted molar refractivity (Wildman–Crippen MR) is 86.2 cm³/mol. The van der Waals surface area contributed by atoms with Crippen LogP contribution in [0.25, 0.3) is 10.9 Å². The van der Waals surface area contributed by atoms with Gasteiger partial charge in [-0.15, -0.1) is 0 Å². The van der Waals surface area contributed by atoms with Crippen molar-refractivity contribution in [2.24, 2.45) is 0 Å². The van der Waals surface area contributed by atoms with Gasteiger partial charge in [-0.25, -0.2) is 13.2 Å². The zero-order chi connectivity index (χ0) is 16.6. The van der Waals surface area contributed by atoms with E-state index < -0.39 is 21.8 Å². The van der Waals surface area contributed by atoms with E-state index in [1.165, 1.54) is 29.8 Å². The molecule has 118 valence electrons. The molecule has 0 saturated carbocycles. The molecular weight excluding hydrogens is 314 g/mol. The van der Waals surface area contributed by atoms with E-state index >= 15 is 0 Å². The minimum absolute atomic E-state index is 0.118. The molecule has 5 nitrogen and oxygen atoms in total. The van der Waals surface area contributed by atoms with Crippen molar-refractivity contribution in [1.82, 2.24) is 4.57 Å². The quantitative estimate of drug-likeness (QED) is 0.798. The number of benzene rings is 2. The second-order valence-electron chi connectivity index (χ2n) is 5.25. The Bertz CT molecular complexity index is 974. The predicted octanol–water partition coefficient (Wildman–Crippen LogP) is 3.12. The van der Waals surface area contributed by atoms with Crippen LogP contribution in [0.3, 0.4) is 0 Å². The molecule has 1 heterocycles. The lowest BCUT2D eigenvalue weighted by Gasteiger charge is -2.09. The van der Waals surface area contributed by atoms with Crippen molar-refractivity contribution in [2.45, 2.75) is 22.8 Å². The summed E-state index contributed by atoms with van der Waals surface area (Å²) in [5.41, 5.74) is 0.580. The summed E-state index contributed by atoms with van der Waals surface area (Å²) in [7, 11) is -3.72. The van der Waals surface area contributed by atoms with Crippen LogP contribution in [0.4, 0.5) is 0 Å². The largest absolute Gasteiger partial charge is 0.480 e. The smallest absolute Gasteiger partial charge is 0.326 e. The maximum atomic E-state index is 12.9. The molecule has 0 amide bonds. The van der Waals surface area contributed by atoms with Gasteiger partial charge in [0, 0.05) is 11.6 Å². The Balaban J connectivity index is 2.29. The highest BCUT2D eigenvalue weighted by Gasteiger charge is 2.25. The van der Waals surface area contributed by atoms with Crippen LogP contribution in [0.1, 0.15) is 13.0 Å². The standard InChI is InChI=1S/C17H15NO4S/c1-12(17(19)20)18-11-16(14-9-5-6-10-15(14)18)23(21,22)13-7-3-2-4-8-13/h2-12H,1H3,(H,19,20)/t12-/m1/s1. The monoisotopic (exact) mass is 329 g/mol. The fourth-order valence-corrected chi connectivity index (χ4v) is 4.04. The number of carbonyl (C=O) groups is 1. The van der Waals surface area contributed by atoms with E-state index in [1.807, 2.05) is 0 Å². The van der Waals surface area contributed by atoms with Gasteiger partial charge in [0.1, 0.15) is 6.04 Å². The Hall–Kier alpha value is -2.60. The number of aromatic nitrogens is 1. The lowest BCUT2D eigenvalue weighted by atomic mass is 10.2. The van der Waals surface area contributed by atoms with Crippen LogP contribution < -0.4 is 0 Å². The summed E-state index contributed by atoms with van der Waals surface area (Å²) in [4.78, 5) is 11.6. The first-order valence-electron chi connectivity index (χ1n) is 7.05. The molecule has 1 atom stereocenters. The molecule has 23 heavy (non-hydrogen) atoms. The lowest BCUT2D eigenvalue weighted by molar-refractivity contribution is -0.140. The Kier molecular flexibility index (Phi) is 3.69. The molecule has 0 bridgehead atoms. The minimum atomic E-state index is -3.72. The van der Waals surface area contributed by atoms with E-state index in [4.69, 9.17) is 0 Å². The lowest BCUT2D eigenvalue weighted by Crippen LogP contribution is -2.14. The molecule has 2 aromatic carbocycles. The molecule has 0 saturated heterocycles. The first kappa shape index (κ1) is 15.3. The molecule has 0 aliphatic heterocycles. The first-order chi connectivity index (χ1) is 10.9. The summed E-state index contributed by atoms with van der Waals surface area (Å²) in [5.74, 6) is -1.02. The Morgan fingerprint density at radius 3 is 2.30 bits per heavy atom. The number of hydrogen-bond acceptors (Lipinski definition) is 3. The molecule has 1 N–H and O–H groups in total. The number of rotatable bonds is 4. The van der Waals surface area contributed by atoms with Gasteiger partial charge in [0.2, 0.25) is 9.84 Å². The van der Waals surface area contributed by atoms with Crippen LogP contribution in [0.15, 0.2) is 70.6 Å². The fourth-order valence-electron chi connectivity index (χ4n) is 2.55. The second-order valence-corrected chi connectivity index (χ2v) is 7.17. The van der Waals surface area contributed by atoms with Gasteiger partial charge in [0.05, 0.1) is 15.3 Å². The van der Waals surface area contributed by atoms with Crippen LogP contribution in [-0.4, -0.2) is 24.1 Å². The molecule has 0 fully saturated rings. The number of fused-ring (bicyclic) bond motifs is 1. The molecule has 0 unspecified atom stereocenters. The van der Waals surface area contributed by atoms with Crippen molar-refractivity contribution in [3.8, 4) is 0 Å². The molecule has 0 spiro atoms. The number of para-hydroxylation sites is 1. The van der Waals surface area contributed by atoms with E-state index in [2.05, 4.69) is 0 Å². The molecule has 3 rings (SSSR count). The van der Waals surface area contributed by atoms with Gasteiger partial charge >= 0.3 is 5.97 Å². The Morgan fingerprint density at radius 1 is 1.04 bits per heavy atom. The SMILES string of the molecule is C[C@H](C(=O)O)n1cc(S(=O)(=O)c2ccccc2)c2ccccc21. The molecule has 0 aliphatic rings. The van der Waals surface area contributed by atoms with Gasteiger partial charge in [0.25, 0.3) is 0 Å². The van der Waals surface area contributed by atoms with Crippen molar-refractivity contribution in [3.63, 3.8) is 0 Å². The average Bonchev–Trinajstić information content (AvgIpc) is 2.95. The van der Waals surface area contributed by atoms with Gasteiger partial charge in [-0.1, -0.05) is 36.4 Å². The van der Waals surface area contributed by atoms with E-state index in [0.717, 1.165) is 0 Å². The number of sulfone groups is 1. The summed E-state index contributed by atoms with van der Waals surface area (Å²) in [6.07, 6.45) is 1.41. The van der Waals surface area contributed by atoms with Crippen LogP contribution in [0.2, 0.25) is 0 Å². The maximum Gasteiger partial charge on any atom is 0.326 e. The second kappa shape index (κ2) is 5.55. The van der Waals surface area contributed by atoms with E-state index in [9.17, 15) is 18.3 Å². The number of nitrogens with zero attached hydrogens (tertiary/aromatic N) is 1. The normalized spacial score (nSPS) is 13.1. The van der Waals surface area contributed by atoms with Gasteiger partial charge in [0.15, 0.2) is 0 Å². The molecule has 0 aliphatic carbocycles. The minimum Gasteiger partial charge on any atom is -0.480 e. The maximum absolute atomic E-state index is 12.9. The van der Waals surface area contributed by atoms with E-state index in [0.29, 0.717) is 10.9 Å². The van der Waals surface area contributed by atoms with Crippen molar-refractivity contribution in [3.05, 3.63) is 60.8 Å². The third-order valence-corrected chi connectivity index (χ3v) is 5.62. The number of carboxylic acid groups (broad SMARTS) is 1. The Labute approximate surface area is 133 Å². The van der Waals surface area contributed by atoms with Crippen LogP contribution >= 0.6 is 0 Å². The molecule has 0 radical (unpaired) electrons. The highest BCUT2D eigenvalue weighted by atomic mass is 32.2. The highest BCUT2D eigenvalue weighted by Crippen LogP contribution is 2.31.